The molecule has 1 atom stereocenters. The van der Waals surface area contributed by atoms with Gasteiger partial charge in [-0.05, 0) is 11.8 Å². The monoisotopic (exact) mass is 259 g/mol. The highest BCUT2D eigenvalue weighted by molar-refractivity contribution is 8.02. The summed E-state index contributed by atoms with van der Waals surface area (Å²) in [4.78, 5) is 3.59. The maximum atomic E-state index is 13.0. The lowest BCUT2D eigenvalue weighted by Gasteiger charge is -2.15. The van der Waals surface area contributed by atoms with Gasteiger partial charge in [-0.25, -0.2) is 9.37 Å². The van der Waals surface area contributed by atoms with Gasteiger partial charge in [0.25, 0.3) is 0 Å². The zero-order valence-corrected chi connectivity index (χ0v) is 9.10. The minimum absolute atomic E-state index is 0.0319. The van der Waals surface area contributed by atoms with Gasteiger partial charge in [-0.3, -0.25) is 0 Å². The van der Waals surface area contributed by atoms with Crippen LogP contribution in [-0.2, 0) is 0 Å². The Morgan fingerprint density at radius 1 is 1.71 bits per heavy atom. The predicted octanol–water partition coefficient (Wildman–Crippen LogP) is 4.01. The molecule has 0 saturated heterocycles. The number of thioether (sulfide) groups is 1. The van der Waals surface area contributed by atoms with Crippen molar-refractivity contribution in [1.29, 1.82) is 0 Å². The molecule has 78 valence electrons. The zero-order valence-electron chi connectivity index (χ0n) is 6.71. The van der Waals surface area contributed by atoms with Crippen molar-refractivity contribution in [1.82, 2.24) is 4.98 Å². The van der Waals surface area contributed by atoms with Crippen LogP contribution < -0.4 is 0 Å². The van der Waals surface area contributed by atoms with Crippen LogP contribution in [0, 0.1) is 0 Å². The Morgan fingerprint density at radius 3 is 2.79 bits per heavy atom. The molecule has 1 aromatic rings. The van der Waals surface area contributed by atoms with Crippen LogP contribution in [0.2, 0.25) is 4.34 Å². The molecular weight excluding hydrogens is 255 g/mol. The SMILES string of the molecule is C=CC(F)C(F)(F)Sc1ncc(Cl)s1. The first-order chi connectivity index (χ1) is 6.45. The lowest BCUT2D eigenvalue weighted by molar-refractivity contribution is 0.0382. The van der Waals surface area contributed by atoms with E-state index in [-0.39, 0.29) is 20.4 Å². The Labute approximate surface area is 92.0 Å². The van der Waals surface area contributed by atoms with Gasteiger partial charge >= 0.3 is 5.25 Å². The summed E-state index contributed by atoms with van der Waals surface area (Å²) < 4.78 is 38.9. The molecule has 7 heteroatoms. The average Bonchev–Trinajstić information content (AvgIpc) is 2.48. The van der Waals surface area contributed by atoms with Crippen molar-refractivity contribution < 1.29 is 13.2 Å². The number of allylic oxidation sites excluding steroid dienone is 1. The van der Waals surface area contributed by atoms with E-state index in [1.54, 1.807) is 0 Å². The molecule has 1 aromatic heterocycles. The molecule has 0 aliphatic carbocycles. The molecule has 0 N–H and O–H groups in total. The zero-order chi connectivity index (χ0) is 10.8. The van der Waals surface area contributed by atoms with E-state index in [1.165, 1.54) is 6.20 Å². The third kappa shape index (κ3) is 2.90. The minimum atomic E-state index is -3.55. The average molecular weight is 260 g/mol. The molecule has 0 aromatic carbocycles. The quantitative estimate of drug-likeness (QED) is 0.599. The van der Waals surface area contributed by atoms with E-state index in [4.69, 9.17) is 11.6 Å². The van der Waals surface area contributed by atoms with Gasteiger partial charge in [-0.15, -0.1) is 0 Å². The van der Waals surface area contributed by atoms with Crippen molar-refractivity contribution in [2.45, 2.75) is 15.8 Å². The van der Waals surface area contributed by atoms with Crippen LogP contribution in [0.3, 0.4) is 0 Å². The van der Waals surface area contributed by atoms with Gasteiger partial charge in [-0.1, -0.05) is 35.6 Å². The topological polar surface area (TPSA) is 12.9 Å². The summed E-state index contributed by atoms with van der Waals surface area (Å²) in [5, 5.41) is -3.55. The summed E-state index contributed by atoms with van der Waals surface area (Å²) in [5.74, 6) is 0. The van der Waals surface area contributed by atoms with Crippen LogP contribution in [0.25, 0.3) is 0 Å². The second kappa shape index (κ2) is 4.55. The van der Waals surface area contributed by atoms with E-state index >= 15 is 0 Å². The summed E-state index contributed by atoms with van der Waals surface area (Å²) >= 11 is 6.41. The molecule has 1 nitrogen and oxygen atoms in total. The Balaban J connectivity index is 2.72. The molecule has 0 aliphatic heterocycles. The normalized spacial score (nSPS) is 14.0. The molecule has 1 rings (SSSR count). The first-order valence-corrected chi connectivity index (χ1v) is 5.41. The minimum Gasteiger partial charge on any atom is -0.236 e. The molecule has 1 heterocycles. The Kier molecular flexibility index (Phi) is 3.86. The van der Waals surface area contributed by atoms with Crippen molar-refractivity contribution in [2.75, 3.05) is 0 Å². The van der Waals surface area contributed by atoms with Crippen LogP contribution in [0.15, 0.2) is 23.2 Å². The highest BCUT2D eigenvalue weighted by Gasteiger charge is 2.40. The number of thiazole rings is 1. The van der Waals surface area contributed by atoms with Crippen molar-refractivity contribution in [3.05, 3.63) is 23.2 Å². The molecule has 0 bridgehead atoms. The molecule has 0 radical (unpaired) electrons. The lowest BCUT2D eigenvalue weighted by Crippen LogP contribution is -2.23. The first-order valence-electron chi connectivity index (χ1n) is 3.40. The van der Waals surface area contributed by atoms with Crippen LogP contribution in [0.4, 0.5) is 13.2 Å². The second-order valence-electron chi connectivity index (χ2n) is 2.23. The molecule has 0 spiro atoms. The van der Waals surface area contributed by atoms with Gasteiger partial charge in [0.1, 0.15) is 4.34 Å². The molecule has 0 amide bonds. The largest absolute Gasteiger partial charge is 0.334 e. The number of alkyl halides is 3. The molecule has 0 saturated carbocycles. The molecule has 0 aliphatic rings. The maximum Gasteiger partial charge on any atom is 0.334 e. The van der Waals surface area contributed by atoms with Crippen molar-refractivity contribution in [3.63, 3.8) is 0 Å². The predicted molar refractivity (Wildman–Crippen MR) is 53.0 cm³/mol. The fraction of sp³-hybridized carbons (Fsp3) is 0.286. The standard InChI is InChI=1S/C7H5ClF3NS2/c1-2-4(9)7(10,11)14-6-12-3-5(8)13-6/h2-4H,1H2. The molecule has 14 heavy (non-hydrogen) atoms. The van der Waals surface area contributed by atoms with Gasteiger partial charge < -0.3 is 0 Å². The van der Waals surface area contributed by atoms with Gasteiger partial charge in [-0.2, -0.15) is 8.78 Å². The van der Waals surface area contributed by atoms with Crippen LogP contribution in [0.1, 0.15) is 0 Å². The van der Waals surface area contributed by atoms with Gasteiger partial charge in [0.2, 0.25) is 0 Å². The summed E-state index contributed by atoms with van der Waals surface area (Å²) in [7, 11) is 0. The smallest absolute Gasteiger partial charge is 0.236 e. The number of rotatable bonds is 4. The Bertz CT molecular complexity index is 328. The first kappa shape index (κ1) is 11.9. The second-order valence-corrected chi connectivity index (χ2v) is 5.29. The third-order valence-corrected chi connectivity index (χ3v) is 3.39. The third-order valence-electron chi connectivity index (χ3n) is 1.21. The number of hydrogen-bond acceptors (Lipinski definition) is 3. The number of hydrogen-bond donors (Lipinski definition) is 0. The fourth-order valence-corrected chi connectivity index (χ4v) is 2.70. The molecule has 1 unspecified atom stereocenters. The van der Waals surface area contributed by atoms with E-state index in [9.17, 15) is 13.2 Å². The Morgan fingerprint density at radius 2 is 2.36 bits per heavy atom. The van der Waals surface area contributed by atoms with Crippen molar-refractivity contribution in [2.24, 2.45) is 0 Å². The fourth-order valence-electron chi connectivity index (χ4n) is 0.597. The highest BCUT2D eigenvalue weighted by atomic mass is 35.5. The van der Waals surface area contributed by atoms with E-state index < -0.39 is 11.4 Å². The van der Waals surface area contributed by atoms with Gasteiger partial charge in [0, 0.05) is 0 Å². The number of aromatic nitrogens is 1. The van der Waals surface area contributed by atoms with Crippen molar-refractivity contribution in [3.8, 4) is 0 Å². The van der Waals surface area contributed by atoms with Crippen molar-refractivity contribution >= 4 is 34.7 Å². The summed E-state index contributed by atoms with van der Waals surface area (Å²) in [6.07, 6.45) is -0.594. The lowest BCUT2D eigenvalue weighted by atomic mass is 10.4. The number of nitrogens with zero attached hydrogens (tertiary/aromatic N) is 1. The summed E-state index contributed by atoms with van der Waals surface area (Å²) in [6.45, 7) is 2.96. The van der Waals surface area contributed by atoms with Crippen LogP contribution in [0.5, 0.6) is 0 Å². The van der Waals surface area contributed by atoms with Crippen LogP contribution in [-0.4, -0.2) is 16.4 Å². The van der Waals surface area contributed by atoms with Gasteiger partial charge in [0.15, 0.2) is 10.5 Å². The van der Waals surface area contributed by atoms with E-state index in [1.807, 2.05) is 0 Å². The molecular formula is C7H5ClF3NS2. The maximum absolute atomic E-state index is 13.0. The van der Waals surface area contributed by atoms with Crippen LogP contribution >= 0.6 is 34.7 Å². The van der Waals surface area contributed by atoms with E-state index in [0.29, 0.717) is 6.08 Å². The molecule has 0 fully saturated rings. The van der Waals surface area contributed by atoms with E-state index in [0.717, 1.165) is 11.3 Å². The summed E-state index contributed by atoms with van der Waals surface area (Å²) in [5.41, 5.74) is 0. The highest BCUT2D eigenvalue weighted by Crippen LogP contribution is 2.42. The number of halogens is 4. The van der Waals surface area contributed by atoms with Gasteiger partial charge in [0.05, 0.1) is 6.20 Å². The summed E-state index contributed by atoms with van der Waals surface area (Å²) in [6, 6.07) is 0. The van der Waals surface area contributed by atoms with E-state index in [2.05, 4.69) is 11.6 Å². The Hall–Kier alpha value is -0.200.